The third kappa shape index (κ3) is 5.64. The Kier molecular flexibility index (Phi) is 7.32. The SMILES string of the molecule is CCOC(=O)c1sc(NC(N)=NC(=O)c2ccc(C(=O)N3CCOCC3)cc2)nc1C. The third-order valence-corrected chi connectivity index (χ3v) is 5.44. The van der Waals surface area contributed by atoms with Gasteiger partial charge in [0.05, 0.1) is 25.5 Å². The zero-order valence-corrected chi connectivity index (χ0v) is 18.0. The summed E-state index contributed by atoms with van der Waals surface area (Å²) in [4.78, 5) is 46.8. The highest BCUT2D eigenvalue weighted by molar-refractivity contribution is 7.17. The number of ether oxygens (including phenoxy) is 2. The Morgan fingerprint density at radius 2 is 1.87 bits per heavy atom. The second-order valence-corrected chi connectivity index (χ2v) is 7.56. The van der Waals surface area contributed by atoms with Crippen molar-refractivity contribution in [2.75, 3.05) is 38.2 Å². The molecule has 1 aliphatic rings. The van der Waals surface area contributed by atoms with Crippen LogP contribution in [-0.2, 0) is 9.47 Å². The van der Waals surface area contributed by atoms with Gasteiger partial charge in [0.25, 0.3) is 11.8 Å². The fourth-order valence-electron chi connectivity index (χ4n) is 2.85. The molecule has 0 radical (unpaired) electrons. The number of aromatic nitrogens is 1. The summed E-state index contributed by atoms with van der Waals surface area (Å²) in [6.07, 6.45) is 0. The molecule has 1 aromatic carbocycles. The molecule has 3 N–H and O–H groups in total. The fraction of sp³-hybridized carbons (Fsp3) is 0.350. The van der Waals surface area contributed by atoms with E-state index in [1.165, 1.54) is 12.1 Å². The Bertz CT molecular complexity index is 996. The molecule has 2 aromatic rings. The first kappa shape index (κ1) is 22.4. The van der Waals surface area contributed by atoms with E-state index in [2.05, 4.69) is 15.3 Å². The molecule has 11 heteroatoms. The van der Waals surface area contributed by atoms with Crippen molar-refractivity contribution < 1.29 is 23.9 Å². The van der Waals surface area contributed by atoms with Crippen LogP contribution in [0, 0.1) is 6.92 Å². The van der Waals surface area contributed by atoms with E-state index >= 15 is 0 Å². The molecule has 2 amide bonds. The summed E-state index contributed by atoms with van der Waals surface area (Å²) in [7, 11) is 0. The quantitative estimate of drug-likeness (QED) is 0.403. The van der Waals surface area contributed by atoms with Gasteiger partial charge in [0.2, 0.25) is 5.96 Å². The molecule has 0 saturated carbocycles. The first-order valence-electron chi connectivity index (χ1n) is 9.66. The Morgan fingerprint density at radius 3 is 2.52 bits per heavy atom. The number of rotatable bonds is 5. The molecule has 164 valence electrons. The first-order chi connectivity index (χ1) is 14.9. The van der Waals surface area contributed by atoms with E-state index in [0.29, 0.717) is 47.6 Å². The van der Waals surface area contributed by atoms with Crippen LogP contribution < -0.4 is 11.1 Å². The molecule has 2 heterocycles. The number of aliphatic imine (C=N–C) groups is 1. The van der Waals surface area contributed by atoms with E-state index in [4.69, 9.17) is 15.2 Å². The van der Waals surface area contributed by atoms with E-state index in [0.717, 1.165) is 11.3 Å². The number of nitrogens with two attached hydrogens (primary N) is 1. The summed E-state index contributed by atoms with van der Waals surface area (Å²) in [5.41, 5.74) is 7.07. The normalized spacial score (nSPS) is 14.3. The van der Waals surface area contributed by atoms with Crippen LogP contribution in [0.1, 0.15) is 43.0 Å². The van der Waals surface area contributed by atoms with Gasteiger partial charge in [-0.15, -0.1) is 0 Å². The summed E-state index contributed by atoms with van der Waals surface area (Å²) in [5, 5.41) is 3.03. The molecular weight excluding hydrogens is 422 g/mol. The fourth-order valence-corrected chi connectivity index (χ4v) is 3.72. The number of anilines is 1. The summed E-state index contributed by atoms with van der Waals surface area (Å²) in [6, 6.07) is 6.22. The molecular formula is C20H23N5O5S. The van der Waals surface area contributed by atoms with Crippen molar-refractivity contribution in [3.05, 3.63) is 46.0 Å². The van der Waals surface area contributed by atoms with Gasteiger partial charge in [0.1, 0.15) is 4.88 Å². The van der Waals surface area contributed by atoms with Crippen molar-refractivity contribution in [1.29, 1.82) is 0 Å². The summed E-state index contributed by atoms with van der Waals surface area (Å²) in [5.74, 6) is -1.32. The van der Waals surface area contributed by atoms with E-state index < -0.39 is 11.9 Å². The number of guanidine groups is 1. The van der Waals surface area contributed by atoms with Crippen molar-refractivity contribution in [3.63, 3.8) is 0 Å². The lowest BCUT2D eigenvalue weighted by atomic mass is 10.1. The number of thiazole rings is 1. The molecule has 1 aromatic heterocycles. The van der Waals surface area contributed by atoms with Crippen molar-refractivity contribution in [1.82, 2.24) is 9.88 Å². The molecule has 31 heavy (non-hydrogen) atoms. The smallest absolute Gasteiger partial charge is 0.350 e. The van der Waals surface area contributed by atoms with Gasteiger partial charge < -0.3 is 25.4 Å². The minimum Gasteiger partial charge on any atom is -0.462 e. The Balaban J connectivity index is 1.64. The predicted molar refractivity (Wildman–Crippen MR) is 116 cm³/mol. The molecule has 0 atom stereocenters. The average Bonchev–Trinajstić information content (AvgIpc) is 3.13. The maximum absolute atomic E-state index is 12.5. The maximum Gasteiger partial charge on any atom is 0.350 e. The molecule has 0 bridgehead atoms. The largest absolute Gasteiger partial charge is 0.462 e. The number of carbonyl (C=O) groups is 3. The Hall–Kier alpha value is -3.31. The summed E-state index contributed by atoms with van der Waals surface area (Å²) < 4.78 is 10.2. The number of aryl methyl sites for hydroxylation is 1. The van der Waals surface area contributed by atoms with E-state index in [9.17, 15) is 14.4 Å². The zero-order chi connectivity index (χ0) is 22.4. The van der Waals surface area contributed by atoms with Gasteiger partial charge in [0.15, 0.2) is 5.13 Å². The highest BCUT2D eigenvalue weighted by Crippen LogP contribution is 2.23. The lowest BCUT2D eigenvalue weighted by Gasteiger charge is -2.26. The van der Waals surface area contributed by atoms with Crippen LogP contribution in [0.3, 0.4) is 0 Å². The third-order valence-electron chi connectivity index (χ3n) is 4.39. The minimum atomic E-state index is -0.575. The number of carbonyl (C=O) groups excluding carboxylic acids is 3. The predicted octanol–water partition coefficient (Wildman–Crippen LogP) is 1.67. The molecule has 1 fully saturated rings. The zero-order valence-electron chi connectivity index (χ0n) is 17.2. The number of amides is 2. The number of esters is 1. The van der Waals surface area contributed by atoms with Crippen molar-refractivity contribution >= 4 is 40.2 Å². The van der Waals surface area contributed by atoms with Gasteiger partial charge >= 0.3 is 5.97 Å². The standard InChI is InChI=1S/C20H23N5O5S/c1-3-30-18(28)15-12(2)22-20(31-15)24-19(21)23-16(26)13-4-6-14(7-5-13)17(27)25-8-10-29-11-9-25/h4-7H,3,8-11H2,1-2H3,(H3,21,22,23,24,26). The van der Waals surface area contributed by atoms with Crippen molar-refractivity contribution in [3.8, 4) is 0 Å². The highest BCUT2D eigenvalue weighted by atomic mass is 32.1. The second-order valence-electron chi connectivity index (χ2n) is 6.56. The van der Waals surface area contributed by atoms with Gasteiger partial charge in [-0.25, -0.2) is 9.78 Å². The van der Waals surface area contributed by atoms with Gasteiger partial charge in [-0.05, 0) is 38.1 Å². The number of nitrogens with zero attached hydrogens (tertiary/aromatic N) is 3. The van der Waals surface area contributed by atoms with Crippen LogP contribution in [0.5, 0.6) is 0 Å². The lowest BCUT2D eigenvalue weighted by Crippen LogP contribution is -2.40. The summed E-state index contributed by atoms with van der Waals surface area (Å²) in [6.45, 7) is 5.77. The lowest BCUT2D eigenvalue weighted by molar-refractivity contribution is 0.0303. The molecule has 1 saturated heterocycles. The topological polar surface area (TPSA) is 136 Å². The number of benzene rings is 1. The Morgan fingerprint density at radius 1 is 1.23 bits per heavy atom. The van der Waals surface area contributed by atoms with Crippen LogP contribution in [0.15, 0.2) is 29.3 Å². The number of morpholine rings is 1. The molecule has 1 aliphatic heterocycles. The molecule has 0 unspecified atom stereocenters. The van der Waals surface area contributed by atoms with Crippen molar-refractivity contribution in [2.24, 2.45) is 10.7 Å². The minimum absolute atomic E-state index is 0.108. The molecule has 0 spiro atoms. The maximum atomic E-state index is 12.5. The number of nitrogens with one attached hydrogen (secondary N) is 1. The number of hydrogen-bond donors (Lipinski definition) is 2. The monoisotopic (exact) mass is 445 g/mol. The number of hydrogen-bond acceptors (Lipinski definition) is 7. The van der Waals surface area contributed by atoms with Crippen LogP contribution in [-0.4, -0.2) is 66.5 Å². The van der Waals surface area contributed by atoms with Crippen molar-refractivity contribution in [2.45, 2.75) is 13.8 Å². The van der Waals surface area contributed by atoms with E-state index in [1.54, 1.807) is 30.9 Å². The van der Waals surface area contributed by atoms with Crippen LogP contribution in [0.2, 0.25) is 0 Å². The van der Waals surface area contributed by atoms with Gasteiger partial charge in [-0.3, -0.25) is 9.59 Å². The first-order valence-corrected chi connectivity index (χ1v) is 10.5. The van der Waals surface area contributed by atoms with E-state index in [-0.39, 0.29) is 24.0 Å². The molecule has 0 aliphatic carbocycles. The molecule has 3 rings (SSSR count). The van der Waals surface area contributed by atoms with E-state index in [1.807, 2.05) is 0 Å². The molecule has 10 nitrogen and oxygen atoms in total. The van der Waals surface area contributed by atoms with Gasteiger partial charge in [0, 0.05) is 24.2 Å². The van der Waals surface area contributed by atoms with Crippen LogP contribution in [0.4, 0.5) is 5.13 Å². The Labute approximate surface area is 183 Å². The summed E-state index contributed by atoms with van der Waals surface area (Å²) >= 11 is 1.06. The average molecular weight is 446 g/mol. The second kappa shape index (κ2) is 10.1. The van der Waals surface area contributed by atoms with Gasteiger partial charge in [-0.2, -0.15) is 4.99 Å². The van der Waals surface area contributed by atoms with Crippen LogP contribution in [0.25, 0.3) is 0 Å². The highest BCUT2D eigenvalue weighted by Gasteiger charge is 2.19. The van der Waals surface area contributed by atoms with Gasteiger partial charge in [-0.1, -0.05) is 11.3 Å². The van der Waals surface area contributed by atoms with Crippen LogP contribution >= 0.6 is 11.3 Å².